The molecule has 26 heavy (non-hydrogen) atoms. The summed E-state index contributed by atoms with van der Waals surface area (Å²) in [5.41, 5.74) is 3.58. The Morgan fingerprint density at radius 2 is 1.88 bits per heavy atom. The van der Waals surface area contributed by atoms with E-state index < -0.39 is 0 Å². The van der Waals surface area contributed by atoms with Gasteiger partial charge in [0, 0.05) is 30.6 Å². The number of H-pyrrole nitrogens is 1. The van der Waals surface area contributed by atoms with E-state index in [0.29, 0.717) is 30.9 Å². The van der Waals surface area contributed by atoms with Gasteiger partial charge in [0.25, 0.3) is 0 Å². The lowest BCUT2D eigenvalue weighted by atomic mass is 10.0. The summed E-state index contributed by atoms with van der Waals surface area (Å²) < 4.78 is 10.7. The first kappa shape index (κ1) is 16.8. The van der Waals surface area contributed by atoms with Crippen LogP contribution in [-0.4, -0.2) is 43.3 Å². The first-order valence-electron chi connectivity index (χ1n) is 8.84. The van der Waals surface area contributed by atoms with Gasteiger partial charge < -0.3 is 14.5 Å². The molecular weight excluding hydrogens is 328 g/mol. The topological polar surface area (TPSA) is 54.6 Å². The molecule has 0 aliphatic carbocycles. The Hall–Kier alpha value is -2.63. The van der Waals surface area contributed by atoms with Crippen molar-refractivity contribution in [3.63, 3.8) is 0 Å². The molecule has 0 unspecified atom stereocenters. The van der Waals surface area contributed by atoms with E-state index in [0.717, 1.165) is 35.4 Å². The minimum atomic E-state index is 0.0583. The molecule has 0 atom stereocenters. The van der Waals surface area contributed by atoms with Gasteiger partial charge in [-0.05, 0) is 23.8 Å². The first-order valence-corrected chi connectivity index (χ1v) is 8.84. The molecule has 4 rings (SSSR count). The Kier molecular flexibility index (Phi) is 4.73. The molecule has 0 radical (unpaired) electrons. The average Bonchev–Trinajstić information content (AvgIpc) is 2.71. The van der Waals surface area contributed by atoms with Crippen molar-refractivity contribution in [1.82, 2.24) is 9.88 Å². The summed E-state index contributed by atoms with van der Waals surface area (Å²) in [6, 6.07) is 15.6. The SMILES string of the molecule is COc1ccc2[nH]c(-c3ccccc3)c(CN3CCOCC3)c(=O)c2c1. The number of rotatable bonds is 4. The second kappa shape index (κ2) is 7.32. The van der Waals surface area contributed by atoms with Crippen LogP contribution in [0.15, 0.2) is 53.3 Å². The number of ether oxygens (including phenoxy) is 2. The molecule has 1 aliphatic heterocycles. The Morgan fingerprint density at radius 3 is 2.62 bits per heavy atom. The Labute approximate surface area is 152 Å². The molecule has 0 spiro atoms. The van der Waals surface area contributed by atoms with Gasteiger partial charge in [-0.25, -0.2) is 0 Å². The lowest BCUT2D eigenvalue weighted by Gasteiger charge is -2.27. The second-order valence-electron chi connectivity index (χ2n) is 6.47. The number of aromatic nitrogens is 1. The number of aromatic amines is 1. The molecular formula is C21H22N2O3. The van der Waals surface area contributed by atoms with Crippen molar-refractivity contribution in [3.05, 3.63) is 64.3 Å². The summed E-state index contributed by atoms with van der Waals surface area (Å²) in [5.74, 6) is 0.688. The summed E-state index contributed by atoms with van der Waals surface area (Å²) in [5, 5.41) is 0.660. The fraction of sp³-hybridized carbons (Fsp3) is 0.286. The Bertz CT molecular complexity index is 960. The smallest absolute Gasteiger partial charge is 0.194 e. The van der Waals surface area contributed by atoms with Gasteiger partial charge in [0.05, 0.1) is 31.5 Å². The number of benzene rings is 2. The second-order valence-corrected chi connectivity index (χ2v) is 6.47. The largest absolute Gasteiger partial charge is 0.497 e. The molecule has 134 valence electrons. The number of pyridine rings is 1. The minimum Gasteiger partial charge on any atom is -0.497 e. The zero-order chi connectivity index (χ0) is 17.9. The van der Waals surface area contributed by atoms with Gasteiger partial charge in [-0.1, -0.05) is 30.3 Å². The average molecular weight is 350 g/mol. The molecule has 2 aromatic carbocycles. The zero-order valence-corrected chi connectivity index (χ0v) is 14.8. The highest BCUT2D eigenvalue weighted by molar-refractivity contribution is 5.84. The maximum absolute atomic E-state index is 13.3. The molecule has 3 aromatic rings. The van der Waals surface area contributed by atoms with Gasteiger partial charge >= 0.3 is 0 Å². The lowest BCUT2D eigenvalue weighted by Crippen LogP contribution is -2.37. The van der Waals surface area contributed by atoms with Gasteiger partial charge in [0.2, 0.25) is 0 Å². The third-order valence-electron chi connectivity index (χ3n) is 4.85. The van der Waals surface area contributed by atoms with Crippen LogP contribution in [0.4, 0.5) is 0 Å². The number of nitrogens with zero attached hydrogens (tertiary/aromatic N) is 1. The molecule has 5 nitrogen and oxygen atoms in total. The quantitative estimate of drug-likeness (QED) is 0.786. The summed E-state index contributed by atoms with van der Waals surface area (Å²) in [7, 11) is 1.61. The van der Waals surface area contributed by atoms with Crippen molar-refractivity contribution in [3.8, 4) is 17.0 Å². The summed E-state index contributed by atoms with van der Waals surface area (Å²) in [4.78, 5) is 19.1. The number of hydrogen-bond acceptors (Lipinski definition) is 4. The van der Waals surface area contributed by atoms with Crippen LogP contribution in [0.25, 0.3) is 22.2 Å². The van der Waals surface area contributed by atoms with Gasteiger partial charge in [-0.2, -0.15) is 0 Å². The molecule has 1 saturated heterocycles. The maximum atomic E-state index is 13.3. The third-order valence-corrected chi connectivity index (χ3v) is 4.85. The van der Waals surface area contributed by atoms with Crippen LogP contribution in [0.1, 0.15) is 5.56 Å². The number of nitrogens with one attached hydrogen (secondary N) is 1. The summed E-state index contributed by atoms with van der Waals surface area (Å²) >= 11 is 0. The van der Waals surface area contributed by atoms with Crippen LogP contribution in [0.3, 0.4) is 0 Å². The molecule has 0 bridgehead atoms. The van der Waals surface area contributed by atoms with Crippen LogP contribution >= 0.6 is 0 Å². The van der Waals surface area contributed by atoms with E-state index in [1.54, 1.807) is 7.11 Å². The lowest BCUT2D eigenvalue weighted by molar-refractivity contribution is 0.0341. The summed E-state index contributed by atoms with van der Waals surface area (Å²) in [6.07, 6.45) is 0. The Morgan fingerprint density at radius 1 is 1.12 bits per heavy atom. The van der Waals surface area contributed by atoms with Gasteiger partial charge in [-0.3, -0.25) is 9.69 Å². The number of methoxy groups -OCH3 is 1. The normalized spacial score (nSPS) is 15.3. The molecule has 2 heterocycles. The van der Waals surface area contributed by atoms with E-state index in [9.17, 15) is 4.79 Å². The highest BCUT2D eigenvalue weighted by atomic mass is 16.5. The standard InChI is InChI=1S/C21H22N2O3/c1-25-16-7-8-19-17(13-16)21(24)18(14-23-9-11-26-12-10-23)20(22-19)15-5-3-2-4-6-15/h2-8,13H,9-12,14H2,1H3,(H,22,24). The van der Waals surface area contributed by atoms with Crippen LogP contribution in [0.2, 0.25) is 0 Å². The van der Waals surface area contributed by atoms with Crippen molar-refractivity contribution in [1.29, 1.82) is 0 Å². The van der Waals surface area contributed by atoms with Crippen molar-refractivity contribution in [2.24, 2.45) is 0 Å². The maximum Gasteiger partial charge on any atom is 0.194 e. The van der Waals surface area contributed by atoms with Gasteiger partial charge in [0.15, 0.2) is 5.43 Å². The number of fused-ring (bicyclic) bond motifs is 1. The predicted octanol–water partition coefficient (Wildman–Crippen LogP) is 3.04. The van der Waals surface area contributed by atoms with Crippen LogP contribution in [0, 0.1) is 0 Å². The number of hydrogen-bond donors (Lipinski definition) is 1. The van der Waals surface area contributed by atoms with E-state index in [4.69, 9.17) is 9.47 Å². The van der Waals surface area contributed by atoms with E-state index >= 15 is 0 Å². The van der Waals surface area contributed by atoms with E-state index in [1.165, 1.54) is 0 Å². The summed E-state index contributed by atoms with van der Waals surface area (Å²) in [6.45, 7) is 3.70. The van der Waals surface area contributed by atoms with Crippen molar-refractivity contribution in [2.75, 3.05) is 33.4 Å². The minimum absolute atomic E-state index is 0.0583. The Balaban J connectivity index is 1.89. The zero-order valence-electron chi connectivity index (χ0n) is 14.8. The molecule has 5 heteroatoms. The fourth-order valence-corrected chi connectivity index (χ4v) is 3.42. The number of morpholine rings is 1. The molecule has 0 amide bonds. The molecule has 1 N–H and O–H groups in total. The van der Waals surface area contributed by atoms with Crippen molar-refractivity contribution in [2.45, 2.75) is 6.54 Å². The van der Waals surface area contributed by atoms with Gasteiger partial charge in [0.1, 0.15) is 5.75 Å². The molecule has 0 saturated carbocycles. The highest BCUT2D eigenvalue weighted by Gasteiger charge is 2.18. The van der Waals surface area contributed by atoms with E-state index in [-0.39, 0.29) is 5.43 Å². The van der Waals surface area contributed by atoms with Crippen molar-refractivity contribution >= 4 is 10.9 Å². The van der Waals surface area contributed by atoms with E-state index in [2.05, 4.69) is 9.88 Å². The molecule has 1 aromatic heterocycles. The highest BCUT2D eigenvalue weighted by Crippen LogP contribution is 2.25. The van der Waals surface area contributed by atoms with Crippen LogP contribution in [-0.2, 0) is 11.3 Å². The molecule has 1 aliphatic rings. The van der Waals surface area contributed by atoms with E-state index in [1.807, 2.05) is 48.5 Å². The van der Waals surface area contributed by atoms with Crippen LogP contribution in [0.5, 0.6) is 5.75 Å². The van der Waals surface area contributed by atoms with Gasteiger partial charge in [-0.15, -0.1) is 0 Å². The first-order chi connectivity index (χ1) is 12.8. The monoisotopic (exact) mass is 350 g/mol. The fourth-order valence-electron chi connectivity index (χ4n) is 3.42. The predicted molar refractivity (Wildman–Crippen MR) is 103 cm³/mol. The molecule has 1 fully saturated rings. The van der Waals surface area contributed by atoms with Crippen molar-refractivity contribution < 1.29 is 9.47 Å². The third kappa shape index (κ3) is 3.23. The van der Waals surface area contributed by atoms with Crippen LogP contribution < -0.4 is 10.2 Å².